The number of ether oxygens (including phenoxy) is 1. The van der Waals surface area contributed by atoms with Gasteiger partial charge in [-0.05, 0) is 72.2 Å². The Hall–Kier alpha value is -4.52. The second-order valence-corrected chi connectivity index (χ2v) is 12.1. The topological polar surface area (TPSA) is 54.8 Å². The molecule has 1 saturated heterocycles. The van der Waals surface area contributed by atoms with Crippen LogP contribution >= 0.6 is 11.8 Å². The zero-order valence-corrected chi connectivity index (χ0v) is 28.2. The van der Waals surface area contributed by atoms with Gasteiger partial charge in [-0.3, -0.25) is 9.59 Å². The average Bonchev–Trinajstić information content (AvgIpc) is 3.29. The number of rotatable bonds is 12. The number of piperidine rings is 1. The molecule has 6 rings (SSSR count). The molecule has 1 aliphatic rings. The molecule has 12 heteroatoms. The molecule has 0 unspecified atom stereocenters. The van der Waals surface area contributed by atoms with Crippen molar-refractivity contribution in [2.24, 2.45) is 0 Å². The highest BCUT2D eigenvalue weighted by molar-refractivity contribution is 7.98. The summed E-state index contributed by atoms with van der Waals surface area (Å²) in [5, 5.41) is -2.14. The molecule has 4 aromatic carbocycles. The second-order valence-electron chi connectivity index (χ2n) is 11.2. The number of likely N-dealkylation sites (tertiary alicyclic amines) is 1. The lowest BCUT2D eigenvalue weighted by Gasteiger charge is -2.39. The molecule has 1 fully saturated rings. The Morgan fingerprint density at radius 1 is 1.06 bits per heavy atom. The van der Waals surface area contributed by atoms with Crippen LogP contribution in [0.2, 0.25) is 0 Å². The molecule has 1 aromatic heterocycles. The number of benzene rings is 4. The number of halogens is 5. The number of carbonyl (C=O) groups is 1. The monoisotopic (exact) mass is 769 g/mol. The van der Waals surface area contributed by atoms with Gasteiger partial charge < -0.3 is 19.1 Å². The van der Waals surface area contributed by atoms with Crippen LogP contribution in [0.4, 0.5) is 22.0 Å². The van der Waals surface area contributed by atoms with Gasteiger partial charge in [-0.25, -0.2) is 8.78 Å². The molecular formula is C41H40F5N3O3S. The van der Waals surface area contributed by atoms with E-state index in [4.69, 9.17) is 15.1 Å². The number of hydrogen-bond acceptors (Lipinski definition) is 5. The van der Waals surface area contributed by atoms with E-state index in [2.05, 4.69) is 4.74 Å². The molecule has 1 amide bonds. The van der Waals surface area contributed by atoms with Gasteiger partial charge in [0.2, 0.25) is 5.91 Å². The highest BCUT2D eigenvalue weighted by Gasteiger charge is 2.31. The van der Waals surface area contributed by atoms with Gasteiger partial charge in [0.15, 0.2) is 17.1 Å². The van der Waals surface area contributed by atoms with Crippen molar-refractivity contribution < 1.29 is 58.9 Å². The predicted octanol–water partition coefficient (Wildman–Crippen LogP) is 8.71. The van der Waals surface area contributed by atoms with Crippen LogP contribution in [-0.2, 0) is 34.5 Å². The number of alkyl halides is 3. The summed E-state index contributed by atoms with van der Waals surface area (Å²) in [5.74, 6) is -6.29. The van der Waals surface area contributed by atoms with Crippen molar-refractivity contribution in [2.45, 2.75) is 55.6 Å². The summed E-state index contributed by atoms with van der Waals surface area (Å²) in [5.41, 5.74) is -5.39. The zero-order chi connectivity index (χ0) is 55.4. The van der Waals surface area contributed by atoms with Crippen LogP contribution in [0.25, 0.3) is 22.0 Å². The third kappa shape index (κ3) is 9.17. The summed E-state index contributed by atoms with van der Waals surface area (Å²) in [6.07, 6.45) is -13.7. The van der Waals surface area contributed by atoms with Crippen LogP contribution in [0.3, 0.4) is 0 Å². The normalized spacial score (nSPS) is 24.9. The van der Waals surface area contributed by atoms with E-state index >= 15 is 9.18 Å². The second kappa shape index (κ2) is 16.7. The minimum atomic E-state index is -4.74. The number of aromatic nitrogens is 1. The van der Waals surface area contributed by atoms with Crippen molar-refractivity contribution in [3.8, 4) is 11.1 Å². The highest BCUT2D eigenvalue weighted by atomic mass is 32.2. The van der Waals surface area contributed by atoms with Crippen LogP contribution < -0.4 is 5.43 Å². The summed E-state index contributed by atoms with van der Waals surface area (Å²) >= 11 is 0.145. The fourth-order valence-corrected chi connectivity index (χ4v) is 5.83. The molecule has 0 atom stereocenters. The quantitative estimate of drug-likeness (QED) is 0.0940. The first-order chi connectivity index (χ1) is 33.2. The number of amides is 1. The van der Waals surface area contributed by atoms with E-state index in [-0.39, 0.29) is 32.4 Å². The molecule has 0 saturated carbocycles. The molecule has 0 spiro atoms. The van der Waals surface area contributed by atoms with Gasteiger partial charge in [0, 0.05) is 72.8 Å². The van der Waals surface area contributed by atoms with Crippen LogP contribution in [0.15, 0.2) is 101 Å². The molecule has 5 aromatic rings. The lowest BCUT2D eigenvalue weighted by molar-refractivity contribution is -0.137. The average molecular weight is 770 g/mol. The van der Waals surface area contributed by atoms with Crippen LogP contribution in [-0.4, -0.2) is 59.5 Å². The summed E-state index contributed by atoms with van der Waals surface area (Å²) in [4.78, 5) is 28.8. The van der Waals surface area contributed by atoms with E-state index in [9.17, 15) is 34.7 Å². The Balaban J connectivity index is 1.69. The van der Waals surface area contributed by atoms with Crippen molar-refractivity contribution >= 4 is 28.6 Å². The molecule has 53 heavy (non-hydrogen) atoms. The first-order valence-corrected chi connectivity index (χ1v) is 16.4. The zero-order valence-electron chi connectivity index (χ0n) is 47.3. The summed E-state index contributed by atoms with van der Waals surface area (Å²) in [6, 6.07) is 1.02. The molecule has 0 N–H and O–H groups in total. The maximum absolute atomic E-state index is 15.8. The van der Waals surface area contributed by atoms with Crippen molar-refractivity contribution in [1.29, 1.82) is 0 Å². The molecule has 0 radical (unpaired) electrons. The number of thioether (sulfide) groups is 1. The third-order valence-corrected chi connectivity index (χ3v) is 8.54. The van der Waals surface area contributed by atoms with Crippen LogP contribution in [0, 0.1) is 18.6 Å². The Morgan fingerprint density at radius 3 is 2.43 bits per heavy atom. The van der Waals surface area contributed by atoms with Crippen molar-refractivity contribution in [1.82, 2.24) is 14.4 Å². The van der Waals surface area contributed by atoms with E-state index < -0.39 is 167 Å². The van der Waals surface area contributed by atoms with E-state index in [0.717, 1.165) is 61.5 Å². The van der Waals surface area contributed by atoms with Gasteiger partial charge >= 0.3 is 6.18 Å². The van der Waals surface area contributed by atoms with Crippen LogP contribution in [0.5, 0.6) is 0 Å². The molecular weight excluding hydrogens is 710 g/mol. The van der Waals surface area contributed by atoms with Crippen molar-refractivity contribution in [2.75, 3.05) is 33.2 Å². The number of fused-ring (bicyclic) bond motifs is 1. The fourth-order valence-electron chi connectivity index (χ4n) is 4.88. The smallest absolute Gasteiger partial charge is 0.383 e. The largest absolute Gasteiger partial charge is 0.416 e. The van der Waals surface area contributed by atoms with Gasteiger partial charge in [0.05, 0.1) is 39.2 Å². The lowest BCUT2D eigenvalue weighted by Crippen LogP contribution is -2.48. The Bertz CT molecular complexity index is 3020. The van der Waals surface area contributed by atoms with Gasteiger partial charge in [0.25, 0.3) is 0 Å². The Kier molecular flexibility index (Phi) is 6.36. The Morgan fingerprint density at radius 2 is 1.75 bits per heavy atom. The lowest BCUT2D eigenvalue weighted by atomic mass is 10.00. The van der Waals surface area contributed by atoms with E-state index in [1.807, 2.05) is 0 Å². The highest BCUT2D eigenvalue weighted by Crippen LogP contribution is 2.32. The first-order valence-electron chi connectivity index (χ1n) is 25.4. The molecule has 278 valence electrons. The minimum Gasteiger partial charge on any atom is -0.383 e. The van der Waals surface area contributed by atoms with E-state index in [1.165, 1.54) is 0 Å². The first kappa shape index (κ1) is 20.2. The Labute approximate surface area is 337 Å². The van der Waals surface area contributed by atoms with Crippen molar-refractivity contribution in [3.05, 3.63) is 135 Å². The SMILES string of the molecule is [2H]c1c(C)c([2H])c2c(c1[2H])c(=O)c([2H])c(SCc1cccc(F)c1F)n2C([2H])([2H])C(=O)N(C([2H])([2H])c1ccc(-c2ccc(C(F)(F)F)cc2)cc1)C1([2H])C([2H])([2H])C([2H])([2H])N(CCOC([2H])([2H])[2H])C([2H])([2H])C1([2H])[2H]. The molecule has 6 nitrogen and oxygen atoms in total. The van der Waals surface area contributed by atoms with Gasteiger partial charge in [-0.2, -0.15) is 13.2 Å². The summed E-state index contributed by atoms with van der Waals surface area (Å²) in [7, 11) is -3.21. The number of hydrogen-bond donors (Lipinski definition) is 0. The van der Waals surface area contributed by atoms with Gasteiger partial charge in [-0.15, -0.1) is 11.8 Å². The summed E-state index contributed by atoms with van der Waals surface area (Å²) in [6.45, 7) is -18.1. The molecule has 0 bridgehead atoms. The number of nitrogens with zero attached hydrogens (tertiary/aromatic N) is 3. The fraction of sp³-hybridized carbons (Fsp3) is 0.317. The third-order valence-electron chi connectivity index (χ3n) is 7.53. The number of carbonyl (C=O) groups excluding carboxylic acids is 1. The maximum atomic E-state index is 15.8. The maximum Gasteiger partial charge on any atom is 0.416 e. The summed E-state index contributed by atoms with van der Waals surface area (Å²) < 4.78 is 252. The van der Waals surface area contributed by atoms with E-state index in [1.54, 1.807) is 0 Å². The molecule has 1 aliphatic heterocycles. The standard InChI is InChI=1S/C41H40F5N3O3S/c1-27-6-15-34-36(22-27)49(39(23-37(34)50)53-26-31-4-3-5-35(42)40(31)43)25-38(51)48(33-16-18-47(19-17-33)20-21-52-2)24-28-7-9-29(10-8-28)30-11-13-32(14-12-30)41(44,45)46/h3-15,22-23,33H,16-21,24-26H2,1-2H3/i2D3,6D,15D,16D2,17D2,18D2,19D2,22D,23D,24D2,25D2,33D. The van der Waals surface area contributed by atoms with Crippen molar-refractivity contribution in [3.63, 3.8) is 0 Å². The van der Waals surface area contributed by atoms with Gasteiger partial charge in [-0.1, -0.05) is 54.6 Å². The number of methoxy groups -OCH3 is 1. The predicted molar refractivity (Wildman–Crippen MR) is 198 cm³/mol. The van der Waals surface area contributed by atoms with Crippen LogP contribution in [0.1, 0.15) is 62.4 Å². The minimum absolute atomic E-state index is 0.0267. The van der Waals surface area contributed by atoms with Gasteiger partial charge in [0.1, 0.15) is 6.50 Å². The van der Waals surface area contributed by atoms with E-state index in [0.29, 0.717) is 12.1 Å². The molecule has 2 heterocycles. The number of pyridine rings is 1. The molecule has 0 aliphatic carbocycles.